The van der Waals surface area contributed by atoms with E-state index in [0.29, 0.717) is 16.9 Å². The van der Waals surface area contributed by atoms with Crippen molar-refractivity contribution in [2.45, 2.75) is 16.4 Å². The Kier molecular flexibility index (Phi) is 8.99. The molecule has 0 saturated carbocycles. The number of fused-ring (bicyclic) bond motifs is 1. The van der Waals surface area contributed by atoms with Crippen LogP contribution in [0.25, 0.3) is 27.8 Å². The molecule has 46 heavy (non-hydrogen) atoms. The van der Waals surface area contributed by atoms with E-state index in [1.165, 1.54) is 28.6 Å². The zero-order valence-corrected chi connectivity index (χ0v) is 25.6. The van der Waals surface area contributed by atoms with Crippen molar-refractivity contribution in [1.29, 1.82) is 0 Å². The van der Waals surface area contributed by atoms with Crippen LogP contribution < -0.4 is 10.1 Å². The number of nitrogens with zero attached hydrogens (tertiary/aromatic N) is 4. The molecule has 1 aliphatic heterocycles. The van der Waals surface area contributed by atoms with E-state index in [-0.39, 0.29) is 53.8 Å². The van der Waals surface area contributed by atoms with Crippen molar-refractivity contribution in [3.8, 4) is 22.8 Å². The van der Waals surface area contributed by atoms with E-state index >= 15 is 0 Å². The van der Waals surface area contributed by atoms with Gasteiger partial charge in [-0.2, -0.15) is 4.31 Å². The van der Waals surface area contributed by atoms with Gasteiger partial charge in [-0.3, -0.25) is 9.36 Å². The van der Waals surface area contributed by atoms with E-state index in [4.69, 9.17) is 4.74 Å². The maximum absolute atomic E-state index is 13.4. The smallest absolute Gasteiger partial charge is 0.406 e. The summed E-state index contributed by atoms with van der Waals surface area (Å²) in [5, 5.41) is 13.6. The number of rotatable bonds is 9. The van der Waals surface area contributed by atoms with Crippen LogP contribution in [0.1, 0.15) is 0 Å². The Morgan fingerprint density at radius 2 is 1.65 bits per heavy atom. The summed E-state index contributed by atoms with van der Waals surface area (Å²) in [4.78, 5) is 13.1. The molecule has 0 radical (unpaired) electrons. The Bertz CT molecular complexity index is 1970. The minimum absolute atomic E-state index is 0.0408. The van der Waals surface area contributed by atoms with Crippen molar-refractivity contribution in [3.63, 3.8) is 0 Å². The van der Waals surface area contributed by atoms with Gasteiger partial charge in [-0.25, -0.2) is 8.42 Å². The van der Waals surface area contributed by atoms with E-state index in [1.807, 2.05) is 36.4 Å². The number of aromatic nitrogens is 3. The van der Waals surface area contributed by atoms with Gasteiger partial charge >= 0.3 is 6.36 Å². The molecular formula is C31H26F3N5O5S2. The molecule has 0 atom stereocenters. The first kappa shape index (κ1) is 31.5. The molecule has 1 saturated heterocycles. The topological polar surface area (TPSA) is 116 Å². The Balaban J connectivity index is 1.31. The van der Waals surface area contributed by atoms with E-state index in [2.05, 4.69) is 20.3 Å². The predicted molar refractivity (Wildman–Crippen MR) is 166 cm³/mol. The normalized spacial score (nSPS) is 14.3. The second kappa shape index (κ2) is 13.1. The van der Waals surface area contributed by atoms with E-state index in [9.17, 15) is 26.4 Å². The minimum Gasteiger partial charge on any atom is -0.406 e. The second-order valence-electron chi connectivity index (χ2n) is 10.1. The summed E-state index contributed by atoms with van der Waals surface area (Å²) < 4.78 is 77.3. The fourth-order valence-electron chi connectivity index (χ4n) is 4.96. The fourth-order valence-corrected chi connectivity index (χ4v) is 7.17. The van der Waals surface area contributed by atoms with Crippen LogP contribution in [0.5, 0.6) is 5.75 Å². The highest BCUT2D eigenvalue weighted by molar-refractivity contribution is 7.99. The van der Waals surface area contributed by atoms with E-state index in [0.717, 1.165) is 34.7 Å². The van der Waals surface area contributed by atoms with E-state index < -0.39 is 22.1 Å². The molecule has 0 bridgehead atoms. The number of anilines is 1. The highest BCUT2D eigenvalue weighted by Crippen LogP contribution is 2.32. The minimum atomic E-state index is -4.87. The molecule has 15 heteroatoms. The number of carbonyl (C=O) groups excluding carboxylic acids is 1. The number of morpholine rings is 1. The number of hydrogen-bond acceptors (Lipinski definition) is 8. The Hall–Kier alpha value is -4.44. The quantitative estimate of drug-likeness (QED) is 0.198. The summed E-state index contributed by atoms with van der Waals surface area (Å²) in [6.07, 6.45) is -4.87. The predicted octanol–water partition coefficient (Wildman–Crippen LogP) is 5.74. The van der Waals surface area contributed by atoms with Crippen LogP contribution in [0.15, 0.2) is 101 Å². The van der Waals surface area contributed by atoms with Crippen LogP contribution in [-0.2, 0) is 19.6 Å². The van der Waals surface area contributed by atoms with Crippen LogP contribution in [0, 0.1) is 0 Å². The molecular weight excluding hydrogens is 643 g/mol. The number of alkyl halides is 3. The molecule has 0 spiro atoms. The molecule has 1 aromatic heterocycles. The van der Waals surface area contributed by atoms with Crippen LogP contribution in [-0.4, -0.2) is 71.8 Å². The Labute approximate surface area is 266 Å². The van der Waals surface area contributed by atoms with Gasteiger partial charge in [0.05, 0.1) is 23.9 Å². The van der Waals surface area contributed by atoms with Gasteiger partial charge in [-0.05, 0) is 47.9 Å². The number of benzene rings is 4. The third kappa shape index (κ3) is 7.02. The maximum Gasteiger partial charge on any atom is 0.573 e. The molecule has 1 aliphatic rings. The van der Waals surface area contributed by atoms with Gasteiger partial charge in [0.2, 0.25) is 15.9 Å². The van der Waals surface area contributed by atoms with Crippen molar-refractivity contribution in [1.82, 2.24) is 19.1 Å². The first-order chi connectivity index (χ1) is 22.1. The third-order valence-corrected chi connectivity index (χ3v) is 9.88. The molecule has 4 aromatic carbocycles. The molecule has 0 aliphatic carbocycles. The number of halogens is 3. The lowest BCUT2D eigenvalue weighted by Crippen LogP contribution is -2.40. The summed E-state index contributed by atoms with van der Waals surface area (Å²) >= 11 is 1.06. The average molecular weight is 670 g/mol. The van der Waals surface area contributed by atoms with Crippen LogP contribution >= 0.6 is 11.8 Å². The van der Waals surface area contributed by atoms with Gasteiger partial charge in [-0.15, -0.1) is 23.4 Å². The first-order valence-electron chi connectivity index (χ1n) is 14.0. The summed E-state index contributed by atoms with van der Waals surface area (Å²) in [6.45, 7) is 1.01. The maximum atomic E-state index is 13.4. The number of amides is 1. The van der Waals surface area contributed by atoms with Crippen molar-refractivity contribution in [2.24, 2.45) is 0 Å². The highest BCUT2D eigenvalue weighted by Gasteiger charge is 2.31. The zero-order chi connectivity index (χ0) is 32.3. The largest absolute Gasteiger partial charge is 0.573 e. The van der Waals surface area contributed by atoms with Gasteiger partial charge < -0.3 is 14.8 Å². The fraction of sp³-hybridized carbons (Fsp3) is 0.194. The zero-order valence-electron chi connectivity index (χ0n) is 24.0. The monoisotopic (exact) mass is 669 g/mol. The molecule has 1 fully saturated rings. The van der Waals surface area contributed by atoms with Crippen molar-refractivity contribution >= 4 is 44.2 Å². The third-order valence-electron chi connectivity index (χ3n) is 7.06. The van der Waals surface area contributed by atoms with Crippen LogP contribution in [0.2, 0.25) is 0 Å². The molecule has 10 nitrogen and oxygen atoms in total. The van der Waals surface area contributed by atoms with Crippen molar-refractivity contribution < 1.29 is 35.9 Å². The number of nitrogens with one attached hydrogen (secondary N) is 1. The van der Waals surface area contributed by atoms with Gasteiger partial charge in [0.15, 0.2) is 11.0 Å². The van der Waals surface area contributed by atoms with Crippen LogP contribution in [0.3, 0.4) is 0 Å². The molecule has 5 aromatic rings. The van der Waals surface area contributed by atoms with Gasteiger partial charge in [0.1, 0.15) is 5.75 Å². The molecule has 0 unspecified atom stereocenters. The van der Waals surface area contributed by atoms with Gasteiger partial charge in [0, 0.05) is 35.4 Å². The van der Waals surface area contributed by atoms with Crippen LogP contribution in [0.4, 0.5) is 18.9 Å². The molecule has 2 heterocycles. The first-order valence-corrected chi connectivity index (χ1v) is 16.4. The lowest BCUT2D eigenvalue weighted by molar-refractivity contribution is -0.274. The van der Waals surface area contributed by atoms with Gasteiger partial charge in [0.25, 0.3) is 0 Å². The highest BCUT2D eigenvalue weighted by atomic mass is 32.2. The number of ether oxygens (including phenoxy) is 2. The molecule has 1 N–H and O–H groups in total. The standard InChI is InChI=1S/C31H26F3N5O5S2/c32-31(33,34)44-24-13-11-23(12-14-24)39-29(22-7-3-8-25(19-22)46(41,42)38-15-17-43-18-16-38)36-37-30(39)45-20-28(40)35-27-10-4-6-21-5-1-2-9-26(21)27/h1-14,19H,15-18,20H2,(H,35,40). The Morgan fingerprint density at radius 3 is 2.41 bits per heavy atom. The molecule has 1 amide bonds. The average Bonchev–Trinajstić information content (AvgIpc) is 3.48. The van der Waals surface area contributed by atoms with E-state index in [1.54, 1.807) is 22.8 Å². The molecule has 6 rings (SSSR count). The lowest BCUT2D eigenvalue weighted by atomic mass is 10.1. The number of thioether (sulfide) groups is 1. The van der Waals surface area contributed by atoms with Crippen molar-refractivity contribution in [3.05, 3.63) is 91.0 Å². The summed E-state index contributed by atoms with van der Waals surface area (Å²) in [6, 6.07) is 24.5. The number of hydrogen-bond donors (Lipinski definition) is 1. The lowest BCUT2D eigenvalue weighted by Gasteiger charge is -2.26. The van der Waals surface area contributed by atoms with Crippen molar-refractivity contribution in [2.75, 3.05) is 37.4 Å². The summed E-state index contributed by atoms with van der Waals surface area (Å²) in [5.74, 6) is -0.583. The SMILES string of the molecule is O=C(CSc1nnc(-c2cccc(S(=O)(=O)N3CCOCC3)c2)n1-c1ccc(OC(F)(F)F)cc1)Nc1cccc2ccccc12. The number of sulfonamides is 1. The van der Waals surface area contributed by atoms with Gasteiger partial charge in [-0.1, -0.05) is 60.3 Å². The second-order valence-corrected chi connectivity index (χ2v) is 13.0. The number of carbonyl (C=O) groups is 1. The summed E-state index contributed by atoms with van der Waals surface area (Å²) in [7, 11) is -3.84. The summed E-state index contributed by atoms with van der Waals surface area (Å²) in [5.41, 5.74) is 1.40. The Morgan fingerprint density at radius 1 is 0.935 bits per heavy atom. The molecule has 238 valence electrons.